The third-order valence-corrected chi connectivity index (χ3v) is 5.48. The van der Waals surface area contributed by atoms with Crippen LogP contribution in [0, 0.1) is 6.92 Å². The molecular formula is C20H23F3N2O2S. The molecule has 0 aromatic heterocycles. The molecule has 0 N–H and O–H groups in total. The lowest BCUT2D eigenvalue weighted by atomic mass is 9.98. The van der Waals surface area contributed by atoms with E-state index in [1.165, 1.54) is 12.1 Å². The summed E-state index contributed by atoms with van der Waals surface area (Å²) in [5.74, 6) is 0. The highest BCUT2D eigenvalue weighted by Gasteiger charge is 2.30. The summed E-state index contributed by atoms with van der Waals surface area (Å²) in [7, 11) is -1.75. The van der Waals surface area contributed by atoms with Crippen LogP contribution in [0.5, 0.6) is 0 Å². The third kappa shape index (κ3) is 5.58. The van der Waals surface area contributed by atoms with Crippen molar-refractivity contribution in [3.8, 4) is 0 Å². The van der Waals surface area contributed by atoms with E-state index in [0.717, 1.165) is 24.0 Å². The normalized spacial score (nSPS) is 12.5. The van der Waals surface area contributed by atoms with Crippen molar-refractivity contribution >= 4 is 21.9 Å². The molecule has 0 aliphatic heterocycles. The van der Waals surface area contributed by atoms with E-state index < -0.39 is 21.6 Å². The number of sulfone groups is 1. The van der Waals surface area contributed by atoms with Gasteiger partial charge in [0.2, 0.25) is 0 Å². The zero-order valence-corrected chi connectivity index (χ0v) is 17.0. The van der Waals surface area contributed by atoms with Crippen LogP contribution in [-0.2, 0) is 22.4 Å². The van der Waals surface area contributed by atoms with Crippen LogP contribution in [-0.4, -0.2) is 39.5 Å². The van der Waals surface area contributed by atoms with Gasteiger partial charge in [-0.25, -0.2) is 13.4 Å². The minimum atomic E-state index is -4.42. The molecule has 4 nitrogen and oxygen atoms in total. The summed E-state index contributed by atoms with van der Waals surface area (Å²) < 4.78 is 63.3. The van der Waals surface area contributed by atoms with Crippen LogP contribution in [0.25, 0.3) is 0 Å². The van der Waals surface area contributed by atoms with Crippen LogP contribution in [0.4, 0.5) is 18.9 Å². The van der Waals surface area contributed by atoms with Gasteiger partial charge < -0.3 is 4.90 Å². The van der Waals surface area contributed by atoms with Gasteiger partial charge in [0, 0.05) is 19.8 Å². The van der Waals surface area contributed by atoms with Gasteiger partial charge >= 0.3 is 6.18 Å². The fourth-order valence-electron chi connectivity index (χ4n) is 2.62. The monoisotopic (exact) mass is 412 g/mol. The standard InChI is InChI=1S/C20H23F3N2O2S/c1-5-25(3)13-24-18-9-14(2)16(12-19(18)28(4,26)27)10-15-7-6-8-17(11-15)20(21,22)23/h6-9,11-13H,5,10H2,1-4H3. The SMILES string of the molecule is CCN(C)C=Nc1cc(C)c(Cc2cccc(C(F)(F)F)c2)cc1S(C)(=O)=O. The maximum absolute atomic E-state index is 12.9. The van der Waals surface area contributed by atoms with E-state index in [9.17, 15) is 21.6 Å². The van der Waals surface area contributed by atoms with E-state index >= 15 is 0 Å². The average Bonchev–Trinajstić information content (AvgIpc) is 2.60. The first-order valence-corrected chi connectivity index (χ1v) is 10.5. The minimum Gasteiger partial charge on any atom is -0.366 e. The van der Waals surface area contributed by atoms with Crippen molar-refractivity contribution in [3.05, 3.63) is 58.7 Å². The number of nitrogens with zero attached hydrogens (tertiary/aromatic N) is 2. The van der Waals surface area contributed by atoms with E-state index in [2.05, 4.69) is 4.99 Å². The molecule has 8 heteroatoms. The first-order valence-electron chi connectivity index (χ1n) is 8.66. The molecule has 0 atom stereocenters. The highest BCUT2D eigenvalue weighted by Crippen LogP contribution is 2.32. The Morgan fingerprint density at radius 1 is 1.18 bits per heavy atom. The minimum absolute atomic E-state index is 0.0563. The summed E-state index contributed by atoms with van der Waals surface area (Å²) in [6.07, 6.45) is -1.59. The molecule has 0 unspecified atom stereocenters. The Balaban J connectivity index is 2.48. The molecule has 0 radical (unpaired) electrons. The van der Waals surface area contributed by atoms with Crippen LogP contribution < -0.4 is 0 Å². The van der Waals surface area contributed by atoms with Crippen LogP contribution in [0.2, 0.25) is 0 Å². The van der Waals surface area contributed by atoms with Gasteiger partial charge in [0.25, 0.3) is 0 Å². The van der Waals surface area contributed by atoms with Gasteiger partial charge in [-0.1, -0.05) is 18.2 Å². The molecule has 0 bridgehead atoms. The Bertz CT molecular complexity index is 983. The van der Waals surface area contributed by atoms with Crippen molar-refractivity contribution in [1.82, 2.24) is 4.90 Å². The molecule has 0 saturated carbocycles. The number of aliphatic imine (C=N–C) groups is 1. The molecular weight excluding hydrogens is 389 g/mol. The fraction of sp³-hybridized carbons (Fsp3) is 0.350. The van der Waals surface area contributed by atoms with Gasteiger partial charge in [-0.2, -0.15) is 13.2 Å². The maximum atomic E-state index is 12.9. The van der Waals surface area contributed by atoms with Gasteiger partial charge in [-0.15, -0.1) is 0 Å². The van der Waals surface area contributed by atoms with E-state index in [0.29, 0.717) is 23.4 Å². The lowest BCUT2D eigenvalue weighted by Crippen LogP contribution is -2.14. The smallest absolute Gasteiger partial charge is 0.366 e. The summed E-state index contributed by atoms with van der Waals surface area (Å²) in [5.41, 5.74) is 1.45. The first-order chi connectivity index (χ1) is 12.9. The zero-order valence-electron chi connectivity index (χ0n) is 16.2. The average molecular weight is 412 g/mol. The van der Waals surface area contributed by atoms with E-state index in [1.807, 2.05) is 14.0 Å². The molecule has 0 spiro atoms. The van der Waals surface area contributed by atoms with E-state index in [4.69, 9.17) is 0 Å². The second kappa shape index (κ2) is 8.34. The second-order valence-corrected chi connectivity index (χ2v) is 8.70. The number of alkyl halides is 3. The number of benzene rings is 2. The van der Waals surface area contributed by atoms with Gasteiger partial charge in [-0.05, 0) is 55.2 Å². The number of aryl methyl sites for hydroxylation is 1. The molecule has 28 heavy (non-hydrogen) atoms. The summed E-state index contributed by atoms with van der Waals surface area (Å²) in [6, 6.07) is 8.20. The molecule has 0 aliphatic carbocycles. The van der Waals surface area contributed by atoms with Gasteiger partial charge in [-0.3, -0.25) is 0 Å². The van der Waals surface area contributed by atoms with Gasteiger partial charge in [0.05, 0.1) is 22.5 Å². The third-order valence-electron chi connectivity index (χ3n) is 4.36. The quantitative estimate of drug-likeness (QED) is 0.514. The number of halogens is 3. The number of hydrogen-bond donors (Lipinski definition) is 0. The molecule has 2 aromatic carbocycles. The molecule has 152 valence electrons. The molecule has 0 heterocycles. The zero-order chi connectivity index (χ0) is 21.1. The van der Waals surface area contributed by atoms with Crippen LogP contribution in [0.3, 0.4) is 0 Å². The highest BCUT2D eigenvalue weighted by molar-refractivity contribution is 7.90. The van der Waals surface area contributed by atoms with Crippen molar-refractivity contribution in [2.45, 2.75) is 31.3 Å². The molecule has 0 fully saturated rings. The van der Waals surface area contributed by atoms with Gasteiger partial charge in [0.1, 0.15) is 0 Å². The molecule has 2 rings (SSSR count). The summed E-state index contributed by atoms with van der Waals surface area (Å²) in [5, 5.41) is 0. The topological polar surface area (TPSA) is 49.7 Å². The molecule has 2 aromatic rings. The maximum Gasteiger partial charge on any atom is 0.416 e. The van der Waals surface area contributed by atoms with Crippen molar-refractivity contribution in [3.63, 3.8) is 0 Å². The van der Waals surface area contributed by atoms with Crippen molar-refractivity contribution < 1.29 is 21.6 Å². The lowest BCUT2D eigenvalue weighted by molar-refractivity contribution is -0.137. The summed E-state index contributed by atoms with van der Waals surface area (Å²) in [6.45, 7) is 4.44. The highest BCUT2D eigenvalue weighted by atomic mass is 32.2. The first kappa shape index (κ1) is 21.9. The van der Waals surface area contributed by atoms with Crippen molar-refractivity contribution in [2.24, 2.45) is 4.99 Å². The van der Waals surface area contributed by atoms with Crippen molar-refractivity contribution in [1.29, 1.82) is 0 Å². The predicted molar refractivity (Wildman–Crippen MR) is 105 cm³/mol. The number of rotatable bonds is 6. The van der Waals surface area contributed by atoms with Crippen molar-refractivity contribution in [2.75, 3.05) is 19.8 Å². The van der Waals surface area contributed by atoms with Crippen LogP contribution >= 0.6 is 0 Å². The Hall–Kier alpha value is -2.35. The largest absolute Gasteiger partial charge is 0.416 e. The van der Waals surface area contributed by atoms with Gasteiger partial charge in [0.15, 0.2) is 9.84 Å². The van der Waals surface area contributed by atoms with Crippen LogP contribution in [0.1, 0.15) is 29.2 Å². The Morgan fingerprint density at radius 3 is 2.43 bits per heavy atom. The van der Waals surface area contributed by atoms with Crippen LogP contribution in [0.15, 0.2) is 46.3 Å². The van der Waals surface area contributed by atoms with E-state index in [-0.39, 0.29) is 11.3 Å². The second-order valence-electron chi connectivity index (χ2n) is 6.71. The number of hydrogen-bond acceptors (Lipinski definition) is 3. The summed E-state index contributed by atoms with van der Waals surface area (Å²) in [4.78, 5) is 6.13. The Kier molecular flexibility index (Phi) is 6.54. The molecule has 0 amide bonds. The fourth-order valence-corrected chi connectivity index (χ4v) is 3.47. The predicted octanol–water partition coefficient (Wildman–Crippen LogP) is 4.62. The Morgan fingerprint density at radius 2 is 1.86 bits per heavy atom. The summed E-state index contributed by atoms with van der Waals surface area (Å²) >= 11 is 0. The lowest BCUT2D eigenvalue weighted by Gasteiger charge is -2.14. The molecule has 0 aliphatic rings. The Labute approximate surface area is 163 Å². The van der Waals surface area contributed by atoms with E-state index in [1.54, 1.807) is 30.3 Å². The molecule has 0 saturated heterocycles.